The van der Waals surface area contributed by atoms with Crippen LogP contribution < -0.4 is 0 Å². The topological polar surface area (TPSA) is 71.1 Å². The molecule has 0 amide bonds. The zero-order chi connectivity index (χ0) is 23.7. The number of rotatable bonds is 2. The quantitative estimate of drug-likeness (QED) is 0.578. The Bertz CT molecular complexity index is 921. The molecular formula is C24H32O6S2. The van der Waals surface area contributed by atoms with Gasteiger partial charge in [0.15, 0.2) is 0 Å². The van der Waals surface area contributed by atoms with Gasteiger partial charge >= 0.3 is 22.7 Å². The Kier molecular flexibility index (Phi) is 8.06. The van der Waals surface area contributed by atoms with Crippen molar-refractivity contribution in [2.45, 2.75) is 79.8 Å². The molecular weight excluding hydrogens is 448 g/mol. The summed E-state index contributed by atoms with van der Waals surface area (Å²) in [6.07, 6.45) is -0.773. The molecule has 0 radical (unpaired) electrons. The molecule has 2 saturated heterocycles. The lowest BCUT2D eigenvalue weighted by Crippen LogP contribution is -2.13. The molecule has 8 heteroatoms. The highest BCUT2D eigenvalue weighted by Crippen LogP contribution is 2.36. The van der Waals surface area contributed by atoms with Gasteiger partial charge < -0.3 is 0 Å². The maximum absolute atomic E-state index is 11.2. The third-order valence-corrected chi connectivity index (χ3v) is 7.37. The molecule has 0 bridgehead atoms. The van der Waals surface area contributed by atoms with E-state index in [1.807, 2.05) is 41.5 Å². The van der Waals surface area contributed by atoms with Crippen LogP contribution in [-0.4, -0.2) is 20.6 Å². The first-order chi connectivity index (χ1) is 15.0. The zero-order valence-electron chi connectivity index (χ0n) is 19.9. The van der Waals surface area contributed by atoms with Crippen LogP contribution in [0.1, 0.15) is 70.6 Å². The van der Waals surface area contributed by atoms with Crippen LogP contribution in [0.5, 0.6) is 0 Å². The molecule has 2 heterocycles. The van der Waals surface area contributed by atoms with E-state index in [4.69, 9.17) is 16.7 Å². The first kappa shape index (κ1) is 25.2. The Balaban J connectivity index is 0.000000181. The van der Waals surface area contributed by atoms with Crippen molar-refractivity contribution in [3.8, 4) is 0 Å². The lowest BCUT2D eigenvalue weighted by molar-refractivity contribution is 0.172. The van der Waals surface area contributed by atoms with E-state index in [-0.39, 0.29) is 24.4 Å². The van der Waals surface area contributed by atoms with Crippen LogP contribution in [0.2, 0.25) is 0 Å². The molecule has 2 fully saturated rings. The summed E-state index contributed by atoms with van der Waals surface area (Å²) < 4.78 is 43.2. The molecule has 0 aromatic heterocycles. The Morgan fingerprint density at radius 2 is 0.844 bits per heavy atom. The average molecular weight is 481 g/mol. The van der Waals surface area contributed by atoms with E-state index in [2.05, 4.69) is 38.1 Å². The molecule has 2 aliphatic rings. The first-order valence-electron chi connectivity index (χ1n) is 10.7. The van der Waals surface area contributed by atoms with Crippen LogP contribution in [0.4, 0.5) is 0 Å². The molecule has 4 rings (SSSR count). The predicted octanol–water partition coefficient (Wildman–Crippen LogP) is 5.33. The summed E-state index contributed by atoms with van der Waals surface area (Å²) in [6.45, 7) is 16.1. The van der Waals surface area contributed by atoms with Crippen LogP contribution in [0.15, 0.2) is 24.3 Å². The fraction of sp³-hybridized carbons (Fsp3) is 0.500. The molecule has 0 spiro atoms. The predicted molar refractivity (Wildman–Crippen MR) is 126 cm³/mol. The lowest BCUT2D eigenvalue weighted by Gasteiger charge is -2.17. The summed E-state index contributed by atoms with van der Waals surface area (Å²) in [5.74, 6) is 0. The van der Waals surface area contributed by atoms with Gasteiger partial charge in [-0.05, 0) is 88.8 Å². The summed E-state index contributed by atoms with van der Waals surface area (Å²) >= 11 is -3.21. The fourth-order valence-electron chi connectivity index (χ4n) is 4.57. The summed E-state index contributed by atoms with van der Waals surface area (Å²) in [6, 6.07) is 8.44. The molecule has 32 heavy (non-hydrogen) atoms. The highest BCUT2D eigenvalue weighted by Gasteiger charge is 2.35. The number of aryl methyl sites for hydroxylation is 6. The van der Waals surface area contributed by atoms with Crippen LogP contribution in [-0.2, 0) is 39.5 Å². The molecule has 0 saturated carbocycles. The van der Waals surface area contributed by atoms with Crippen LogP contribution in [0.3, 0.4) is 0 Å². The SMILES string of the molecule is Cc1cc(C)c(C2OS(=O)O[C@@H]2C)c(C)c1.Cc1cc(C)c(C2OS(=O)O[C@H]2C)c(C)c1. The zero-order valence-corrected chi connectivity index (χ0v) is 21.5. The van der Waals surface area contributed by atoms with Crippen LogP contribution in [0, 0.1) is 41.5 Å². The second kappa shape index (κ2) is 10.2. The monoisotopic (exact) mass is 480 g/mol. The van der Waals surface area contributed by atoms with E-state index in [1.54, 1.807) is 0 Å². The minimum absolute atomic E-state index is 0.166. The Hall–Kier alpha value is -1.42. The van der Waals surface area contributed by atoms with Crippen molar-refractivity contribution in [1.29, 1.82) is 0 Å². The average Bonchev–Trinajstić information content (AvgIpc) is 3.14. The van der Waals surface area contributed by atoms with Gasteiger partial charge in [0.05, 0.1) is 0 Å². The third kappa shape index (κ3) is 5.55. The van der Waals surface area contributed by atoms with Crippen molar-refractivity contribution in [2.24, 2.45) is 0 Å². The molecule has 4 unspecified atom stereocenters. The summed E-state index contributed by atoms with van der Waals surface area (Å²) in [7, 11) is 0. The second-order valence-corrected chi connectivity index (χ2v) is 10.3. The molecule has 6 nitrogen and oxygen atoms in total. The number of benzene rings is 2. The summed E-state index contributed by atoms with van der Waals surface area (Å²) in [4.78, 5) is 0. The maximum Gasteiger partial charge on any atom is 0.305 e. The van der Waals surface area contributed by atoms with Gasteiger partial charge in [-0.15, -0.1) is 0 Å². The third-order valence-electron chi connectivity index (χ3n) is 5.72. The van der Waals surface area contributed by atoms with Gasteiger partial charge in [0, 0.05) is 0 Å². The number of hydrogen-bond donors (Lipinski definition) is 0. The van der Waals surface area contributed by atoms with Crippen molar-refractivity contribution >= 4 is 22.7 Å². The van der Waals surface area contributed by atoms with Crippen molar-refractivity contribution in [2.75, 3.05) is 0 Å². The Morgan fingerprint density at radius 3 is 1.06 bits per heavy atom. The molecule has 176 valence electrons. The van der Waals surface area contributed by atoms with Crippen molar-refractivity contribution in [3.63, 3.8) is 0 Å². The largest absolute Gasteiger partial charge is 0.305 e. The van der Waals surface area contributed by atoms with E-state index in [0.717, 1.165) is 33.4 Å². The second-order valence-electron chi connectivity index (χ2n) is 8.67. The van der Waals surface area contributed by atoms with Gasteiger partial charge in [-0.1, -0.05) is 35.4 Å². The molecule has 0 aliphatic carbocycles. The minimum atomic E-state index is -1.61. The van der Waals surface area contributed by atoms with E-state index < -0.39 is 22.7 Å². The van der Waals surface area contributed by atoms with Gasteiger partial charge in [0.25, 0.3) is 0 Å². The molecule has 0 N–H and O–H groups in total. The van der Waals surface area contributed by atoms with Crippen LogP contribution >= 0.6 is 0 Å². The molecule has 6 atom stereocenters. The van der Waals surface area contributed by atoms with Gasteiger partial charge in [0.1, 0.15) is 24.4 Å². The normalized spacial score (nSPS) is 29.6. The van der Waals surface area contributed by atoms with Crippen molar-refractivity contribution in [3.05, 3.63) is 68.8 Å². The lowest BCUT2D eigenvalue weighted by atomic mass is 9.93. The van der Waals surface area contributed by atoms with Gasteiger partial charge in [0.2, 0.25) is 0 Å². The van der Waals surface area contributed by atoms with Crippen LogP contribution in [0.25, 0.3) is 0 Å². The Morgan fingerprint density at radius 1 is 0.562 bits per heavy atom. The highest BCUT2D eigenvalue weighted by atomic mass is 32.2. The Labute approximate surface area is 196 Å². The van der Waals surface area contributed by atoms with Gasteiger partial charge in [-0.25, -0.2) is 0 Å². The molecule has 2 aliphatic heterocycles. The van der Waals surface area contributed by atoms with E-state index >= 15 is 0 Å². The van der Waals surface area contributed by atoms with Gasteiger partial charge in [-0.3, -0.25) is 16.7 Å². The van der Waals surface area contributed by atoms with E-state index in [9.17, 15) is 8.42 Å². The number of hydrogen-bond acceptors (Lipinski definition) is 6. The first-order valence-corrected chi connectivity index (χ1v) is 12.7. The van der Waals surface area contributed by atoms with Crippen molar-refractivity contribution < 1.29 is 25.2 Å². The van der Waals surface area contributed by atoms with Crippen molar-refractivity contribution in [1.82, 2.24) is 0 Å². The van der Waals surface area contributed by atoms with E-state index in [1.165, 1.54) is 11.1 Å². The summed E-state index contributed by atoms with van der Waals surface area (Å²) in [5.41, 5.74) is 9.31. The molecule has 2 aromatic carbocycles. The smallest absolute Gasteiger partial charge is 0.262 e. The standard InChI is InChI=1S/2C12H16O3S/c2*1-7-5-8(2)11(9(3)6-7)12-10(4)14-16(13)15-12/h2*5-6,10,12H,1-4H3/t2*10-,12?,16?/m10/s1. The maximum atomic E-state index is 11.2. The highest BCUT2D eigenvalue weighted by molar-refractivity contribution is 7.75. The fourth-order valence-corrected chi connectivity index (χ4v) is 6.20. The summed E-state index contributed by atoms with van der Waals surface area (Å²) in [5, 5.41) is 0. The minimum Gasteiger partial charge on any atom is -0.262 e. The van der Waals surface area contributed by atoms with Gasteiger partial charge in [-0.2, -0.15) is 8.42 Å². The van der Waals surface area contributed by atoms with E-state index in [0.29, 0.717) is 0 Å². The molecule has 2 aromatic rings.